The maximum absolute atomic E-state index is 12.3. The number of hydrogen-bond donors (Lipinski definition) is 0. The fraction of sp³-hybridized carbons (Fsp3) is 0.462. The molecular formula is C26H29N5O4. The van der Waals surface area contributed by atoms with Gasteiger partial charge in [0.1, 0.15) is 17.0 Å². The normalized spacial score (nSPS) is 21.0. The summed E-state index contributed by atoms with van der Waals surface area (Å²) in [5.74, 6) is 1.96. The maximum atomic E-state index is 12.3. The summed E-state index contributed by atoms with van der Waals surface area (Å²) in [6, 6.07) is 7.59. The van der Waals surface area contributed by atoms with Gasteiger partial charge >= 0.3 is 0 Å². The largest absolute Gasteiger partial charge is 0.488 e. The van der Waals surface area contributed by atoms with E-state index in [1.807, 2.05) is 6.92 Å². The highest BCUT2D eigenvalue weighted by atomic mass is 16.5. The molecule has 0 amide bonds. The zero-order valence-corrected chi connectivity index (χ0v) is 19.9. The number of ether oxygens (including phenoxy) is 2. The molecule has 9 nitrogen and oxygen atoms in total. The number of benzene rings is 1. The second kappa shape index (κ2) is 9.30. The number of aryl methyl sites for hydroxylation is 1. The van der Waals surface area contributed by atoms with Gasteiger partial charge in [-0.15, -0.1) is 4.57 Å². The highest BCUT2D eigenvalue weighted by Gasteiger charge is 2.25. The Morgan fingerprint density at radius 2 is 1.83 bits per heavy atom. The van der Waals surface area contributed by atoms with Crippen molar-refractivity contribution >= 4 is 22.4 Å². The van der Waals surface area contributed by atoms with Crippen molar-refractivity contribution in [2.45, 2.75) is 45.1 Å². The Kier molecular flexibility index (Phi) is 5.85. The summed E-state index contributed by atoms with van der Waals surface area (Å²) in [6.07, 6.45) is 8.35. The van der Waals surface area contributed by atoms with Crippen LogP contribution in [0.1, 0.15) is 37.1 Å². The summed E-state index contributed by atoms with van der Waals surface area (Å²) in [4.78, 5) is 28.4. The predicted octanol–water partition coefficient (Wildman–Crippen LogP) is 3.56. The van der Waals surface area contributed by atoms with Crippen molar-refractivity contribution in [2.75, 3.05) is 31.2 Å². The third-order valence-electron chi connectivity index (χ3n) is 7.01. The highest BCUT2D eigenvalue weighted by molar-refractivity contribution is 5.85. The number of nitrogens with zero attached hydrogens (tertiary/aromatic N) is 5. The molecule has 4 heterocycles. The van der Waals surface area contributed by atoms with Crippen molar-refractivity contribution in [1.82, 2.24) is 19.5 Å². The quantitative estimate of drug-likeness (QED) is 0.433. The van der Waals surface area contributed by atoms with Gasteiger partial charge in [0.15, 0.2) is 5.65 Å². The second-order valence-electron chi connectivity index (χ2n) is 9.52. The lowest BCUT2D eigenvalue weighted by Crippen LogP contribution is -2.36. The van der Waals surface area contributed by atoms with Crippen LogP contribution in [0.4, 0.5) is 5.69 Å². The monoisotopic (exact) mass is 475 g/mol. The molecule has 4 aromatic rings. The third kappa shape index (κ3) is 4.60. The molecule has 1 saturated carbocycles. The molecule has 2 aliphatic rings. The lowest BCUT2D eigenvalue weighted by Gasteiger charge is -2.31. The van der Waals surface area contributed by atoms with E-state index in [2.05, 4.69) is 32.0 Å². The highest BCUT2D eigenvalue weighted by Crippen LogP contribution is 2.34. The number of rotatable bonds is 5. The molecule has 182 valence electrons. The minimum absolute atomic E-state index is 0.133. The van der Waals surface area contributed by atoms with Gasteiger partial charge in [-0.2, -0.15) is 0 Å². The lowest BCUT2D eigenvalue weighted by atomic mass is 9.84. The third-order valence-corrected chi connectivity index (χ3v) is 7.01. The minimum Gasteiger partial charge on any atom is -0.488 e. The fourth-order valence-corrected chi connectivity index (χ4v) is 5.23. The molecule has 1 saturated heterocycles. The summed E-state index contributed by atoms with van der Waals surface area (Å²) in [6.45, 7) is 5.00. The van der Waals surface area contributed by atoms with Crippen LogP contribution in [0.15, 0.2) is 46.0 Å². The average Bonchev–Trinajstić information content (AvgIpc) is 3.26. The zero-order valence-electron chi connectivity index (χ0n) is 19.9. The second-order valence-corrected chi connectivity index (χ2v) is 9.52. The van der Waals surface area contributed by atoms with Crippen molar-refractivity contribution in [2.24, 2.45) is 5.92 Å². The van der Waals surface area contributed by atoms with Crippen molar-refractivity contribution in [1.29, 1.82) is 0 Å². The molecule has 0 N–H and O–H groups in total. The molecule has 6 rings (SSSR count). The van der Waals surface area contributed by atoms with Crippen LogP contribution in [0.25, 0.3) is 16.7 Å². The Balaban J connectivity index is 1.15. The van der Waals surface area contributed by atoms with Crippen LogP contribution in [-0.4, -0.2) is 51.9 Å². The molecule has 0 spiro atoms. The average molecular weight is 476 g/mol. The van der Waals surface area contributed by atoms with Crippen molar-refractivity contribution in [3.8, 4) is 5.75 Å². The van der Waals surface area contributed by atoms with Crippen LogP contribution in [0.2, 0.25) is 0 Å². The smallest absolute Gasteiger partial charge is 0.287 e. The molecule has 0 radical (unpaired) electrons. The van der Waals surface area contributed by atoms with Gasteiger partial charge in [-0.3, -0.25) is 9.78 Å². The molecule has 3 aromatic heterocycles. The Morgan fingerprint density at radius 3 is 2.66 bits per heavy atom. The van der Waals surface area contributed by atoms with E-state index in [1.165, 1.54) is 4.57 Å². The molecular weight excluding hydrogens is 446 g/mol. The van der Waals surface area contributed by atoms with Crippen molar-refractivity contribution < 1.29 is 14.0 Å². The van der Waals surface area contributed by atoms with Gasteiger partial charge in [0, 0.05) is 55.1 Å². The first-order valence-corrected chi connectivity index (χ1v) is 12.4. The summed E-state index contributed by atoms with van der Waals surface area (Å²) >= 11 is 0. The van der Waals surface area contributed by atoms with Gasteiger partial charge in [-0.1, -0.05) is 0 Å². The Morgan fingerprint density at radius 1 is 1.03 bits per heavy atom. The molecule has 1 aliphatic carbocycles. The van der Waals surface area contributed by atoms with E-state index in [1.54, 1.807) is 24.5 Å². The standard InChI is InChI=1S/C26H29N5O4/c1-17-12-24-29-19(14-25(32)31(24)35-17)13-18-2-4-21(5-3-18)34-23-16-20(30-8-10-33-11-9-30)15-22-26(23)28-7-6-27-22/h6-7,12,14-16,18,21H,2-5,8-11,13H2,1H3. The first-order valence-electron chi connectivity index (χ1n) is 12.4. The molecule has 1 aromatic carbocycles. The van der Waals surface area contributed by atoms with Gasteiger partial charge < -0.3 is 18.9 Å². The van der Waals surface area contributed by atoms with Crippen LogP contribution in [-0.2, 0) is 11.2 Å². The van der Waals surface area contributed by atoms with E-state index in [4.69, 9.17) is 14.0 Å². The van der Waals surface area contributed by atoms with Crippen LogP contribution in [0.5, 0.6) is 5.75 Å². The van der Waals surface area contributed by atoms with E-state index in [0.717, 1.165) is 86.6 Å². The number of aromatic nitrogens is 4. The van der Waals surface area contributed by atoms with E-state index < -0.39 is 0 Å². The number of morpholine rings is 1. The fourth-order valence-electron chi connectivity index (χ4n) is 5.23. The van der Waals surface area contributed by atoms with Gasteiger partial charge in [0.2, 0.25) is 0 Å². The molecule has 0 atom stereocenters. The Hall–Kier alpha value is -3.46. The summed E-state index contributed by atoms with van der Waals surface area (Å²) in [5, 5.41) is 0. The van der Waals surface area contributed by atoms with Crippen LogP contribution < -0.4 is 15.2 Å². The summed E-state index contributed by atoms with van der Waals surface area (Å²) in [5.41, 5.74) is 4.01. The molecule has 2 fully saturated rings. The van der Waals surface area contributed by atoms with E-state index >= 15 is 0 Å². The summed E-state index contributed by atoms with van der Waals surface area (Å²) < 4.78 is 18.7. The Bertz CT molecular complexity index is 1400. The molecule has 9 heteroatoms. The lowest BCUT2D eigenvalue weighted by molar-refractivity contribution is 0.122. The molecule has 35 heavy (non-hydrogen) atoms. The van der Waals surface area contributed by atoms with E-state index in [0.29, 0.717) is 17.3 Å². The molecule has 0 unspecified atom stereocenters. The maximum Gasteiger partial charge on any atom is 0.287 e. The SMILES string of the molecule is Cc1cc2nc(CC3CCC(Oc4cc(N5CCOCC5)cc5nccnc45)CC3)cc(=O)n2o1. The number of hydrogen-bond acceptors (Lipinski definition) is 8. The van der Waals surface area contributed by atoms with Crippen LogP contribution in [0, 0.1) is 12.8 Å². The molecule has 1 aliphatic heterocycles. The zero-order chi connectivity index (χ0) is 23.8. The molecule has 0 bridgehead atoms. The van der Waals surface area contributed by atoms with Gasteiger partial charge in [0.05, 0.1) is 24.8 Å². The van der Waals surface area contributed by atoms with Gasteiger partial charge in [-0.05, 0) is 51.0 Å². The van der Waals surface area contributed by atoms with Crippen molar-refractivity contribution in [3.63, 3.8) is 0 Å². The Labute approximate surface area is 202 Å². The number of anilines is 1. The topological polar surface area (TPSA) is 95.0 Å². The van der Waals surface area contributed by atoms with Gasteiger partial charge in [-0.25, -0.2) is 9.97 Å². The predicted molar refractivity (Wildman–Crippen MR) is 131 cm³/mol. The van der Waals surface area contributed by atoms with Crippen molar-refractivity contribution in [3.05, 3.63) is 58.5 Å². The van der Waals surface area contributed by atoms with E-state index in [9.17, 15) is 4.79 Å². The first kappa shape index (κ1) is 22.0. The van der Waals surface area contributed by atoms with E-state index in [-0.39, 0.29) is 11.7 Å². The first-order chi connectivity index (χ1) is 17.1. The summed E-state index contributed by atoms with van der Waals surface area (Å²) in [7, 11) is 0. The van der Waals surface area contributed by atoms with Gasteiger partial charge in [0.25, 0.3) is 5.56 Å². The minimum atomic E-state index is -0.164. The van der Waals surface area contributed by atoms with Crippen LogP contribution >= 0.6 is 0 Å². The number of fused-ring (bicyclic) bond motifs is 2. The van der Waals surface area contributed by atoms with Crippen LogP contribution in [0.3, 0.4) is 0 Å².